The molecule has 0 aliphatic heterocycles. The van der Waals surface area contributed by atoms with E-state index in [4.69, 9.17) is 0 Å². The molecule has 0 atom stereocenters. The fourth-order valence-electron chi connectivity index (χ4n) is 2.53. The van der Waals surface area contributed by atoms with Crippen LogP contribution < -0.4 is 10.9 Å². The standard InChI is InChI=1S/C18H14F3N3O2/c1-9-3-4-11-6-13(10(2)23-14(11)5-9)16(25)24-15-7-12(18(19,20)21)8-22-17(15)26/h3-8H,1-2H3,(H,22,26)(H,24,25). The van der Waals surface area contributed by atoms with Crippen molar-refractivity contribution in [1.29, 1.82) is 0 Å². The number of rotatable bonds is 2. The number of carbonyl (C=O) groups is 1. The molecule has 0 fully saturated rings. The maximum atomic E-state index is 12.8. The van der Waals surface area contributed by atoms with Crippen molar-refractivity contribution >= 4 is 22.5 Å². The Morgan fingerprint density at radius 1 is 1.15 bits per heavy atom. The number of benzene rings is 1. The van der Waals surface area contributed by atoms with Crippen molar-refractivity contribution in [1.82, 2.24) is 9.97 Å². The normalized spacial score (nSPS) is 11.6. The first kappa shape index (κ1) is 17.7. The van der Waals surface area contributed by atoms with Gasteiger partial charge in [-0.3, -0.25) is 14.6 Å². The molecule has 3 aromatic rings. The third-order valence-corrected chi connectivity index (χ3v) is 3.89. The second-order valence-corrected chi connectivity index (χ2v) is 5.90. The number of alkyl halides is 3. The fraction of sp³-hybridized carbons (Fsp3) is 0.167. The molecule has 3 rings (SSSR count). The van der Waals surface area contributed by atoms with Crippen LogP contribution in [0, 0.1) is 13.8 Å². The minimum absolute atomic E-state index is 0.179. The highest BCUT2D eigenvalue weighted by Gasteiger charge is 2.31. The molecule has 0 unspecified atom stereocenters. The quantitative estimate of drug-likeness (QED) is 0.729. The van der Waals surface area contributed by atoms with Crippen molar-refractivity contribution < 1.29 is 18.0 Å². The van der Waals surface area contributed by atoms with Gasteiger partial charge in [-0.15, -0.1) is 0 Å². The van der Waals surface area contributed by atoms with E-state index in [2.05, 4.69) is 10.3 Å². The number of aryl methyl sites for hydroxylation is 2. The topological polar surface area (TPSA) is 74.8 Å². The van der Waals surface area contributed by atoms with Crippen LogP contribution >= 0.6 is 0 Å². The van der Waals surface area contributed by atoms with E-state index in [1.807, 2.05) is 24.0 Å². The molecule has 0 radical (unpaired) electrons. The number of aromatic nitrogens is 2. The van der Waals surface area contributed by atoms with Crippen LogP contribution in [0.2, 0.25) is 0 Å². The lowest BCUT2D eigenvalue weighted by atomic mass is 10.1. The first-order valence-corrected chi connectivity index (χ1v) is 7.64. The molecule has 0 aliphatic carbocycles. The summed E-state index contributed by atoms with van der Waals surface area (Å²) in [5.74, 6) is -0.706. The zero-order valence-electron chi connectivity index (χ0n) is 13.9. The molecule has 2 N–H and O–H groups in total. The van der Waals surface area contributed by atoms with Crippen LogP contribution in [0.25, 0.3) is 10.9 Å². The Labute approximate surface area is 145 Å². The lowest BCUT2D eigenvalue weighted by Crippen LogP contribution is -2.22. The first-order chi connectivity index (χ1) is 12.1. The third kappa shape index (κ3) is 3.44. The minimum Gasteiger partial charge on any atom is -0.327 e. The number of carbonyl (C=O) groups excluding carboxylic acids is 1. The van der Waals surface area contributed by atoms with Crippen LogP contribution in [0.4, 0.5) is 18.9 Å². The van der Waals surface area contributed by atoms with Crippen LogP contribution in [0.3, 0.4) is 0 Å². The molecule has 5 nitrogen and oxygen atoms in total. The summed E-state index contributed by atoms with van der Waals surface area (Å²) in [6.07, 6.45) is -4.08. The summed E-state index contributed by atoms with van der Waals surface area (Å²) >= 11 is 0. The smallest absolute Gasteiger partial charge is 0.327 e. The van der Waals surface area contributed by atoms with Crippen molar-refractivity contribution in [3.05, 3.63) is 69.3 Å². The van der Waals surface area contributed by atoms with Gasteiger partial charge in [0.25, 0.3) is 11.5 Å². The monoisotopic (exact) mass is 361 g/mol. The highest BCUT2D eigenvalue weighted by atomic mass is 19.4. The van der Waals surface area contributed by atoms with Gasteiger partial charge < -0.3 is 10.3 Å². The average molecular weight is 361 g/mol. The summed E-state index contributed by atoms with van der Waals surface area (Å²) in [4.78, 5) is 30.5. The van der Waals surface area contributed by atoms with Crippen molar-refractivity contribution in [3.63, 3.8) is 0 Å². The third-order valence-electron chi connectivity index (χ3n) is 3.89. The highest BCUT2D eigenvalue weighted by molar-refractivity contribution is 6.06. The van der Waals surface area contributed by atoms with Crippen LogP contribution in [0.15, 0.2) is 41.3 Å². The molecule has 0 aliphatic rings. The predicted octanol–water partition coefficient (Wildman–Crippen LogP) is 3.81. The van der Waals surface area contributed by atoms with Crippen LogP contribution in [-0.4, -0.2) is 15.9 Å². The molecular formula is C18H14F3N3O2. The number of pyridine rings is 2. The molecule has 1 aromatic carbocycles. The van der Waals surface area contributed by atoms with Gasteiger partial charge >= 0.3 is 6.18 Å². The number of H-pyrrole nitrogens is 1. The molecule has 8 heteroatoms. The van der Waals surface area contributed by atoms with E-state index in [0.29, 0.717) is 28.9 Å². The van der Waals surface area contributed by atoms with E-state index in [0.717, 1.165) is 5.56 Å². The Morgan fingerprint density at radius 2 is 1.88 bits per heavy atom. The van der Waals surface area contributed by atoms with E-state index in [1.165, 1.54) is 0 Å². The van der Waals surface area contributed by atoms with Crippen molar-refractivity contribution in [2.75, 3.05) is 5.32 Å². The van der Waals surface area contributed by atoms with Crippen molar-refractivity contribution in [2.45, 2.75) is 20.0 Å². The molecule has 134 valence electrons. The van der Waals surface area contributed by atoms with E-state index in [9.17, 15) is 22.8 Å². The Morgan fingerprint density at radius 3 is 2.58 bits per heavy atom. The summed E-state index contributed by atoms with van der Waals surface area (Å²) in [6.45, 7) is 3.53. The van der Waals surface area contributed by atoms with Crippen LogP contribution in [-0.2, 0) is 6.18 Å². The predicted molar refractivity (Wildman–Crippen MR) is 91.2 cm³/mol. The number of hydrogen-bond acceptors (Lipinski definition) is 3. The number of amides is 1. The van der Waals surface area contributed by atoms with Gasteiger partial charge in [0.05, 0.1) is 22.3 Å². The SMILES string of the molecule is Cc1ccc2cc(C(=O)Nc3cc(C(F)(F)F)c[nH]c3=O)c(C)nc2c1. The molecule has 1 amide bonds. The number of fused-ring (bicyclic) bond motifs is 1. The van der Waals surface area contributed by atoms with E-state index >= 15 is 0 Å². The number of hydrogen-bond donors (Lipinski definition) is 2. The van der Waals surface area contributed by atoms with Gasteiger partial charge in [0.1, 0.15) is 5.69 Å². The molecule has 0 saturated carbocycles. The number of halogens is 3. The summed E-state index contributed by atoms with van der Waals surface area (Å²) in [5.41, 5.74) is -0.0620. The zero-order chi connectivity index (χ0) is 19.1. The maximum Gasteiger partial charge on any atom is 0.417 e. The number of anilines is 1. The van der Waals surface area contributed by atoms with E-state index in [1.54, 1.807) is 19.1 Å². The molecule has 2 heterocycles. The molecule has 0 spiro atoms. The maximum absolute atomic E-state index is 12.8. The van der Waals surface area contributed by atoms with Gasteiger partial charge in [-0.1, -0.05) is 12.1 Å². The highest BCUT2D eigenvalue weighted by Crippen LogP contribution is 2.29. The Balaban J connectivity index is 1.98. The van der Waals surface area contributed by atoms with Gasteiger partial charge in [0.15, 0.2) is 0 Å². The number of nitrogens with zero attached hydrogens (tertiary/aromatic N) is 1. The summed E-state index contributed by atoms with van der Waals surface area (Å²) in [5, 5.41) is 2.95. The van der Waals surface area contributed by atoms with Gasteiger partial charge in [-0.05, 0) is 37.6 Å². The minimum atomic E-state index is -4.64. The molecule has 26 heavy (non-hydrogen) atoms. The molecule has 2 aromatic heterocycles. The summed E-state index contributed by atoms with van der Waals surface area (Å²) < 4.78 is 38.4. The van der Waals surface area contributed by atoms with Crippen LogP contribution in [0.1, 0.15) is 27.2 Å². The number of aromatic amines is 1. The average Bonchev–Trinajstić information content (AvgIpc) is 2.55. The van der Waals surface area contributed by atoms with Crippen molar-refractivity contribution in [2.24, 2.45) is 0 Å². The number of nitrogens with one attached hydrogen (secondary N) is 2. The van der Waals surface area contributed by atoms with Gasteiger partial charge in [0, 0.05) is 11.6 Å². The first-order valence-electron chi connectivity index (χ1n) is 7.64. The Hall–Kier alpha value is -3.16. The zero-order valence-corrected chi connectivity index (χ0v) is 13.9. The van der Waals surface area contributed by atoms with Crippen LogP contribution in [0.5, 0.6) is 0 Å². The van der Waals surface area contributed by atoms with E-state index < -0.39 is 28.9 Å². The lowest BCUT2D eigenvalue weighted by molar-refractivity contribution is -0.137. The van der Waals surface area contributed by atoms with Gasteiger partial charge in [-0.25, -0.2) is 0 Å². The largest absolute Gasteiger partial charge is 0.417 e. The molecular weight excluding hydrogens is 347 g/mol. The van der Waals surface area contributed by atoms with Gasteiger partial charge in [0.2, 0.25) is 0 Å². The second kappa shape index (κ2) is 6.29. The van der Waals surface area contributed by atoms with Gasteiger partial charge in [-0.2, -0.15) is 13.2 Å². The molecule has 0 saturated heterocycles. The van der Waals surface area contributed by atoms with E-state index in [-0.39, 0.29) is 5.56 Å². The Kier molecular flexibility index (Phi) is 4.27. The summed E-state index contributed by atoms with van der Waals surface area (Å²) in [7, 11) is 0. The molecule has 0 bridgehead atoms. The Bertz CT molecular complexity index is 1070. The fourth-order valence-corrected chi connectivity index (χ4v) is 2.53. The lowest BCUT2D eigenvalue weighted by Gasteiger charge is -2.11. The summed E-state index contributed by atoms with van der Waals surface area (Å²) in [6, 6.07) is 7.71. The second-order valence-electron chi connectivity index (χ2n) is 5.90. The van der Waals surface area contributed by atoms with Crippen molar-refractivity contribution in [3.8, 4) is 0 Å².